The molecule has 0 amide bonds. The van der Waals surface area contributed by atoms with E-state index in [0.717, 1.165) is 23.0 Å². The van der Waals surface area contributed by atoms with E-state index in [1.165, 1.54) is 19.4 Å². The van der Waals surface area contributed by atoms with Gasteiger partial charge in [0.2, 0.25) is 0 Å². The number of carbonyl (C=O) groups excluding carboxylic acids is 1. The lowest BCUT2D eigenvalue weighted by Crippen LogP contribution is -2.45. The van der Waals surface area contributed by atoms with Gasteiger partial charge in [0.25, 0.3) is 0 Å². The summed E-state index contributed by atoms with van der Waals surface area (Å²) >= 11 is 3.44. The highest BCUT2D eigenvalue weighted by atomic mass is 79.9. The number of likely N-dealkylation sites (tertiary alicyclic amines) is 1. The number of aldehydes is 1. The van der Waals surface area contributed by atoms with Gasteiger partial charge >= 0.3 is 0 Å². The zero-order valence-corrected chi connectivity index (χ0v) is 12.5. The van der Waals surface area contributed by atoms with Crippen molar-refractivity contribution in [3.05, 3.63) is 28.2 Å². The first-order valence-corrected chi connectivity index (χ1v) is 7.07. The molecule has 1 atom stereocenters. The molecule has 1 aromatic rings. The second-order valence-corrected chi connectivity index (χ2v) is 5.85. The molecular weight excluding hydrogens is 292 g/mol. The highest BCUT2D eigenvalue weighted by Crippen LogP contribution is 2.26. The third-order valence-electron chi connectivity index (χ3n) is 3.67. The van der Waals surface area contributed by atoms with Gasteiger partial charge in [0.15, 0.2) is 6.29 Å². The highest BCUT2D eigenvalue weighted by molar-refractivity contribution is 9.10. The topological polar surface area (TPSA) is 23.6 Å². The van der Waals surface area contributed by atoms with Crippen LogP contribution in [0.25, 0.3) is 0 Å². The number of anilines is 1. The lowest BCUT2D eigenvalue weighted by Gasteiger charge is -2.37. The Bertz CT molecular complexity index is 436. The number of piperidine rings is 1. The van der Waals surface area contributed by atoms with Gasteiger partial charge < -0.3 is 9.80 Å². The summed E-state index contributed by atoms with van der Waals surface area (Å²) in [6.45, 7) is 2.29. The number of hydrogen-bond acceptors (Lipinski definition) is 3. The van der Waals surface area contributed by atoms with E-state index in [9.17, 15) is 4.79 Å². The Morgan fingerprint density at radius 3 is 2.89 bits per heavy atom. The van der Waals surface area contributed by atoms with E-state index in [0.29, 0.717) is 11.6 Å². The Morgan fingerprint density at radius 1 is 1.50 bits per heavy atom. The van der Waals surface area contributed by atoms with Gasteiger partial charge in [-0.3, -0.25) is 4.79 Å². The number of benzene rings is 1. The maximum atomic E-state index is 10.8. The first-order chi connectivity index (χ1) is 8.61. The standard InChI is InChI=1S/C14H19BrN2O/c1-16-7-3-4-13(9-16)17(2)12-6-5-11(10-18)14(15)8-12/h5-6,8,10,13H,3-4,7,9H2,1-2H3. The summed E-state index contributed by atoms with van der Waals surface area (Å²) in [6.07, 6.45) is 3.36. The smallest absolute Gasteiger partial charge is 0.151 e. The molecule has 1 heterocycles. The van der Waals surface area contributed by atoms with Gasteiger partial charge in [0, 0.05) is 35.4 Å². The molecule has 4 heteroatoms. The minimum absolute atomic E-state index is 0.553. The number of rotatable bonds is 3. The molecular formula is C14H19BrN2O. The van der Waals surface area contributed by atoms with E-state index in [2.05, 4.69) is 39.8 Å². The summed E-state index contributed by atoms with van der Waals surface area (Å²) in [4.78, 5) is 15.5. The molecule has 0 aromatic heterocycles. The zero-order valence-electron chi connectivity index (χ0n) is 10.9. The fourth-order valence-electron chi connectivity index (χ4n) is 2.50. The van der Waals surface area contributed by atoms with Gasteiger partial charge in [-0.05, 0) is 60.6 Å². The van der Waals surface area contributed by atoms with Crippen molar-refractivity contribution in [2.75, 3.05) is 32.1 Å². The molecule has 0 N–H and O–H groups in total. The molecule has 1 aromatic carbocycles. The van der Waals surface area contributed by atoms with Crippen molar-refractivity contribution >= 4 is 27.9 Å². The van der Waals surface area contributed by atoms with Crippen molar-refractivity contribution in [1.29, 1.82) is 0 Å². The van der Waals surface area contributed by atoms with Crippen LogP contribution in [0.3, 0.4) is 0 Å². The van der Waals surface area contributed by atoms with Crippen molar-refractivity contribution in [2.24, 2.45) is 0 Å². The number of hydrogen-bond donors (Lipinski definition) is 0. The van der Waals surface area contributed by atoms with Gasteiger partial charge in [-0.25, -0.2) is 0 Å². The predicted octanol–water partition coefficient (Wildman–Crippen LogP) is 2.79. The van der Waals surface area contributed by atoms with Crippen molar-refractivity contribution in [3.8, 4) is 0 Å². The molecule has 0 radical (unpaired) electrons. The molecule has 3 nitrogen and oxygen atoms in total. The van der Waals surface area contributed by atoms with Crippen LogP contribution in [0, 0.1) is 0 Å². The van der Waals surface area contributed by atoms with Gasteiger partial charge in [-0.1, -0.05) is 0 Å². The van der Waals surface area contributed by atoms with Gasteiger partial charge in [-0.15, -0.1) is 0 Å². The molecule has 0 aliphatic carbocycles. The van der Waals surface area contributed by atoms with Crippen LogP contribution in [0.4, 0.5) is 5.69 Å². The fraction of sp³-hybridized carbons (Fsp3) is 0.500. The van der Waals surface area contributed by atoms with Crippen LogP contribution >= 0.6 is 15.9 Å². The molecule has 1 aliphatic rings. The monoisotopic (exact) mass is 310 g/mol. The van der Waals surface area contributed by atoms with Crippen LogP contribution in [0.2, 0.25) is 0 Å². The molecule has 1 saturated heterocycles. The van der Waals surface area contributed by atoms with Crippen LogP contribution in [-0.2, 0) is 0 Å². The van der Waals surface area contributed by atoms with Crippen LogP contribution in [0.15, 0.2) is 22.7 Å². The number of likely N-dealkylation sites (N-methyl/N-ethyl adjacent to an activating group) is 2. The molecule has 18 heavy (non-hydrogen) atoms. The van der Waals surface area contributed by atoms with Crippen molar-refractivity contribution < 1.29 is 4.79 Å². The SMILES string of the molecule is CN1CCCC(N(C)c2ccc(C=O)c(Br)c2)C1. The summed E-state index contributed by atoms with van der Waals surface area (Å²) < 4.78 is 0.867. The minimum Gasteiger partial charge on any atom is -0.370 e. The summed E-state index contributed by atoms with van der Waals surface area (Å²) in [5.41, 5.74) is 1.86. The van der Waals surface area contributed by atoms with E-state index < -0.39 is 0 Å². The van der Waals surface area contributed by atoms with E-state index in [-0.39, 0.29) is 0 Å². The number of halogens is 1. The summed E-state index contributed by atoms with van der Waals surface area (Å²) in [5.74, 6) is 0. The maximum absolute atomic E-state index is 10.8. The van der Waals surface area contributed by atoms with E-state index >= 15 is 0 Å². The molecule has 1 aliphatic heterocycles. The van der Waals surface area contributed by atoms with Crippen molar-refractivity contribution in [3.63, 3.8) is 0 Å². The molecule has 1 unspecified atom stereocenters. The number of nitrogens with zero attached hydrogens (tertiary/aromatic N) is 2. The van der Waals surface area contributed by atoms with Gasteiger partial charge in [0.05, 0.1) is 0 Å². The first kappa shape index (κ1) is 13.6. The first-order valence-electron chi connectivity index (χ1n) is 6.28. The maximum Gasteiger partial charge on any atom is 0.151 e. The Kier molecular flexibility index (Phi) is 4.40. The third-order valence-corrected chi connectivity index (χ3v) is 4.35. The van der Waals surface area contributed by atoms with Crippen LogP contribution < -0.4 is 4.90 Å². The zero-order chi connectivity index (χ0) is 13.1. The van der Waals surface area contributed by atoms with E-state index in [1.807, 2.05) is 18.2 Å². The molecule has 0 spiro atoms. The third kappa shape index (κ3) is 2.93. The fourth-order valence-corrected chi connectivity index (χ4v) is 2.96. The lowest BCUT2D eigenvalue weighted by atomic mass is 10.0. The van der Waals surface area contributed by atoms with E-state index in [1.54, 1.807) is 0 Å². The Morgan fingerprint density at radius 2 is 2.28 bits per heavy atom. The average Bonchev–Trinajstić information content (AvgIpc) is 2.37. The van der Waals surface area contributed by atoms with Crippen molar-refractivity contribution in [1.82, 2.24) is 4.90 Å². The largest absolute Gasteiger partial charge is 0.370 e. The quantitative estimate of drug-likeness (QED) is 0.802. The summed E-state index contributed by atoms with van der Waals surface area (Å²) in [7, 11) is 4.30. The second-order valence-electron chi connectivity index (χ2n) is 4.99. The Hall–Kier alpha value is -0.870. The molecule has 0 saturated carbocycles. The van der Waals surface area contributed by atoms with Gasteiger partial charge in [0.1, 0.15) is 0 Å². The summed E-state index contributed by atoms with van der Waals surface area (Å²) in [6, 6.07) is 6.47. The van der Waals surface area contributed by atoms with Gasteiger partial charge in [-0.2, -0.15) is 0 Å². The Balaban J connectivity index is 2.15. The van der Waals surface area contributed by atoms with Crippen LogP contribution in [-0.4, -0.2) is 44.4 Å². The lowest BCUT2D eigenvalue weighted by molar-refractivity contribution is 0.112. The Labute approximate surface area is 117 Å². The average molecular weight is 311 g/mol. The molecule has 2 rings (SSSR count). The highest BCUT2D eigenvalue weighted by Gasteiger charge is 2.21. The second kappa shape index (κ2) is 5.85. The summed E-state index contributed by atoms with van der Waals surface area (Å²) in [5, 5.41) is 0. The molecule has 0 bridgehead atoms. The van der Waals surface area contributed by atoms with E-state index in [4.69, 9.17) is 0 Å². The van der Waals surface area contributed by atoms with Crippen molar-refractivity contribution in [2.45, 2.75) is 18.9 Å². The van der Waals surface area contributed by atoms with Crippen LogP contribution in [0.1, 0.15) is 23.2 Å². The predicted molar refractivity (Wildman–Crippen MR) is 78.5 cm³/mol. The number of carbonyl (C=O) groups is 1. The molecule has 1 fully saturated rings. The van der Waals surface area contributed by atoms with Crippen LogP contribution in [0.5, 0.6) is 0 Å². The minimum atomic E-state index is 0.553. The molecule has 98 valence electrons. The normalized spacial score (nSPS) is 20.7.